The summed E-state index contributed by atoms with van der Waals surface area (Å²) in [5, 5.41) is -0.344. The van der Waals surface area contributed by atoms with Crippen molar-refractivity contribution in [2.45, 2.75) is 32.1 Å². The molecule has 1 N–H and O–H groups in total. The summed E-state index contributed by atoms with van der Waals surface area (Å²) in [6.07, 6.45) is 0.648. The normalized spacial score (nSPS) is 20.4. The van der Waals surface area contributed by atoms with Crippen molar-refractivity contribution in [2.75, 3.05) is 19.6 Å². The Morgan fingerprint density at radius 3 is 2.85 bits per heavy atom. The predicted octanol–water partition coefficient (Wildman–Crippen LogP) is 1.65. The maximum Gasteiger partial charge on any atom is 0.215 e. The Morgan fingerprint density at radius 2 is 2.20 bits per heavy atom. The van der Waals surface area contributed by atoms with E-state index in [0.717, 1.165) is 17.7 Å². The highest BCUT2D eigenvalue weighted by Crippen LogP contribution is 2.20. The van der Waals surface area contributed by atoms with Gasteiger partial charge in [-0.05, 0) is 43.1 Å². The maximum absolute atomic E-state index is 13.1. The number of nitrogens with one attached hydrogen (secondary N) is 1. The van der Waals surface area contributed by atoms with Crippen LogP contribution in [0.25, 0.3) is 0 Å². The number of aryl methyl sites for hydroxylation is 1. The second kappa shape index (κ2) is 6.20. The van der Waals surface area contributed by atoms with Crippen LogP contribution >= 0.6 is 0 Å². The molecule has 20 heavy (non-hydrogen) atoms. The Kier molecular flexibility index (Phi) is 4.78. The number of rotatable bonds is 5. The summed E-state index contributed by atoms with van der Waals surface area (Å²) >= 11 is 0. The third-order valence-electron chi connectivity index (χ3n) is 3.71. The topological polar surface area (TPSA) is 49.4 Å². The summed E-state index contributed by atoms with van der Waals surface area (Å²) in [6.45, 7) is 6.05. The summed E-state index contributed by atoms with van der Waals surface area (Å²) in [5.74, 6) is -0.236. The van der Waals surface area contributed by atoms with Crippen LogP contribution in [0.4, 0.5) is 4.39 Å². The highest BCUT2D eigenvalue weighted by molar-refractivity contribution is 7.90. The first-order valence-electron chi connectivity index (χ1n) is 6.88. The summed E-state index contributed by atoms with van der Waals surface area (Å²) in [5.41, 5.74) is 1.95. The third-order valence-corrected chi connectivity index (χ3v) is 5.67. The molecule has 0 spiro atoms. The van der Waals surface area contributed by atoms with Gasteiger partial charge in [0.1, 0.15) is 5.82 Å². The van der Waals surface area contributed by atoms with Gasteiger partial charge in [-0.1, -0.05) is 13.0 Å². The van der Waals surface area contributed by atoms with Crippen molar-refractivity contribution in [3.63, 3.8) is 0 Å². The molecule has 0 aliphatic carbocycles. The van der Waals surface area contributed by atoms with E-state index in [1.165, 1.54) is 12.1 Å². The maximum atomic E-state index is 13.1. The lowest BCUT2D eigenvalue weighted by molar-refractivity contribution is 0.330. The molecular weight excluding hydrogens is 279 g/mol. The number of sulfonamides is 1. The van der Waals surface area contributed by atoms with Gasteiger partial charge in [-0.2, -0.15) is 0 Å². The lowest BCUT2D eigenvalue weighted by Gasteiger charge is -2.17. The van der Waals surface area contributed by atoms with E-state index in [4.69, 9.17) is 0 Å². The van der Waals surface area contributed by atoms with Gasteiger partial charge in [-0.15, -0.1) is 0 Å². The van der Waals surface area contributed by atoms with Crippen LogP contribution in [0.15, 0.2) is 18.2 Å². The van der Waals surface area contributed by atoms with Crippen molar-refractivity contribution in [2.24, 2.45) is 0 Å². The van der Waals surface area contributed by atoms with E-state index >= 15 is 0 Å². The predicted molar refractivity (Wildman–Crippen MR) is 77.4 cm³/mol. The molecule has 1 atom stereocenters. The zero-order valence-electron chi connectivity index (χ0n) is 11.9. The Hall–Kier alpha value is -0.980. The molecule has 1 saturated heterocycles. The van der Waals surface area contributed by atoms with E-state index in [2.05, 4.69) is 9.62 Å². The first-order chi connectivity index (χ1) is 9.42. The summed E-state index contributed by atoms with van der Waals surface area (Å²) in [7, 11) is -3.20. The van der Waals surface area contributed by atoms with Crippen molar-refractivity contribution in [3.8, 4) is 0 Å². The molecule has 1 aromatic rings. The molecule has 112 valence electrons. The van der Waals surface area contributed by atoms with Crippen LogP contribution in [0.5, 0.6) is 0 Å². The number of hydrogen-bond acceptors (Lipinski definition) is 3. The van der Waals surface area contributed by atoms with Crippen molar-refractivity contribution in [1.29, 1.82) is 0 Å². The molecule has 4 nitrogen and oxygen atoms in total. The van der Waals surface area contributed by atoms with Crippen LogP contribution in [0.3, 0.4) is 0 Å². The SMILES string of the molecule is CCNS(=O)(=O)[C@H]1CCN(Cc2ccc(F)cc2C)C1. The average Bonchev–Trinajstić information content (AvgIpc) is 2.82. The zero-order valence-corrected chi connectivity index (χ0v) is 12.7. The van der Waals surface area contributed by atoms with Gasteiger partial charge in [0, 0.05) is 19.6 Å². The molecular formula is C14H21FN2O2S. The van der Waals surface area contributed by atoms with Crippen LogP contribution in [-0.4, -0.2) is 38.2 Å². The number of benzene rings is 1. The van der Waals surface area contributed by atoms with Gasteiger partial charge in [0.15, 0.2) is 0 Å². The molecule has 0 unspecified atom stereocenters. The molecule has 1 aromatic carbocycles. The molecule has 1 aliphatic rings. The fraction of sp³-hybridized carbons (Fsp3) is 0.571. The lowest BCUT2D eigenvalue weighted by atomic mass is 10.1. The Balaban J connectivity index is 2.00. The third kappa shape index (κ3) is 3.56. The quantitative estimate of drug-likeness (QED) is 0.899. The Morgan fingerprint density at radius 1 is 1.45 bits per heavy atom. The van der Waals surface area contributed by atoms with Gasteiger partial charge in [0.2, 0.25) is 10.0 Å². The molecule has 2 rings (SSSR count). The number of likely N-dealkylation sites (tertiary alicyclic amines) is 1. The van der Waals surface area contributed by atoms with Gasteiger partial charge in [0.05, 0.1) is 5.25 Å². The molecule has 0 amide bonds. The highest BCUT2D eigenvalue weighted by Gasteiger charge is 2.32. The van der Waals surface area contributed by atoms with E-state index in [1.54, 1.807) is 13.0 Å². The van der Waals surface area contributed by atoms with Gasteiger partial charge in [-0.25, -0.2) is 17.5 Å². The van der Waals surface area contributed by atoms with E-state index in [0.29, 0.717) is 26.1 Å². The molecule has 1 heterocycles. The Bertz CT molecular complexity index is 575. The minimum Gasteiger partial charge on any atom is -0.298 e. The standard InChI is InChI=1S/C14H21FN2O2S/c1-3-16-20(18,19)14-6-7-17(10-14)9-12-4-5-13(15)8-11(12)2/h4-5,8,14,16H,3,6-7,9-10H2,1-2H3/t14-/m0/s1. The highest BCUT2D eigenvalue weighted by atomic mass is 32.2. The summed E-state index contributed by atoms with van der Waals surface area (Å²) in [4.78, 5) is 2.11. The van der Waals surface area contributed by atoms with E-state index in [-0.39, 0.29) is 11.1 Å². The van der Waals surface area contributed by atoms with Gasteiger partial charge < -0.3 is 0 Å². The van der Waals surface area contributed by atoms with Crippen LogP contribution in [0.1, 0.15) is 24.5 Å². The Labute approximate surface area is 120 Å². The minimum atomic E-state index is -3.20. The summed E-state index contributed by atoms with van der Waals surface area (Å²) < 4.78 is 39.5. The van der Waals surface area contributed by atoms with Crippen LogP contribution < -0.4 is 4.72 Å². The fourth-order valence-corrected chi connectivity index (χ4v) is 4.05. The fourth-order valence-electron chi connectivity index (χ4n) is 2.59. The first kappa shape index (κ1) is 15.4. The zero-order chi connectivity index (χ0) is 14.8. The van der Waals surface area contributed by atoms with Crippen LogP contribution in [0, 0.1) is 12.7 Å². The summed E-state index contributed by atoms with van der Waals surface area (Å²) in [6, 6.07) is 4.74. The van der Waals surface area contributed by atoms with Gasteiger partial charge in [0.25, 0.3) is 0 Å². The van der Waals surface area contributed by atoms with Crippen molar-refractivity contribution in [3.05, 3.63) is 35.1 Å². The molecule has 6 heteroatoms. The number of halogens is 1. The van der Waals surface area contributed by atoms with Crippen molar-refractivity contribution < 1.29 is 12.8 Å². The monoisotopic (exact) mass is 300 g/mol. The number of nitrogens with zero attached hydrogens (tertiary/aromatic N) is 1. The largest absolute Gasteiger partial charge is 0.298 e. The van der Waals surface area contributed by atoms with Crippen LogP contribution in [0.2, 0.25) is 0 Å². The first-order valence-corrected chi connectivity index (χ1v) is 8.43. The van der Waals surface area contributed by atoms with Gasteiger partial charge >= 0.3 is 0 Å². The molecule has 1 aliphatic heterocycles. The van der Waals surface area contributed by atoms with Gasteiger partial charge in [-0.3, -0.25) is 4.90 Å². The number of hydrogen-bond donors (Lipinski definition) is 1. The molecule has 1 fully saturated rings. The molecule has 0 radical (unpaired) electrons. The van der Waals surface area contributed by atoms with E-state index in [1.807, 2.05) is 6.92 Å². The average molecular weight is 300 g/mol. The van der Waals surface area contributed by atoms with E-state index < -0.39 is 10.0 Å². The molecule has 0 aromatic heterocycles. The smallest absolute Gasteiger partial charge is 0.215 e. The second-order valence-corrected chi connectivity index (χ2v) is 7.30. The second-order valence-electron chi connectivity index (χ2n) is 5.26. The minimum absolute atomic E-state index is 0.236. The van der Waals surface area contributed by atoms with Crippen molar-refractivity contribution in [1.82, 2.24) is 9.62 Å². The molecule has 0 saturated carbocycles. The van der Waals surface area contributed by atoms with Crippen molar-refractivity contribution >= 4 is 10.0 Å². The molecule has 0 bridgehead atoms. The lowest BCUT2D eigenvalue weighted by Crippen LogP contribution is -2.36. The van der Waals surface area contributed by atoms with Crippen LogP contribution in [-0.2, 0) is 16.6 Å². The van der Waals surface area contributed by atoms with E-state index in [9.17, 15) is 12.8 Å².